The molecule has 1 N–H and O–H groups in total. The molecule has 6 heteroatoms. The number of ether oxygens (including phenoxy) is 1. The zero-order valence-electron chi connectivity index (χ0n) is 9.89. The van der Waals surface area contributed by atoms with Gasteiger partial charge < -0.3 is 14.6 Å². The van der Waals surface area contributed by atoms with Crippen LogP contribution in [-0.4, -0.2) is 54.4 Å². The molecule has 2 aliphatic heterocycles. The summed E-state index contributed by atoms with van der Waals surface area (Å²) in [5.41, 5.74) is 0. The van der Waals surface area contributed by atoms with Crippen molar-refractivity contribution in [3.8, 4) is 0 Å². The summed E-state index contributed by atoms with van der Waals surface area (Å²) in [7, 11) is 0. The first-order valence-electron chi connectivity index (χ1n) is 6.25. The average Bonchev–Trinajstić information content (AvgIpc) is 3.00. The van der Waals surface area contributed by atoms with E-state index in [2.05, 4.69) is 20.4 Å². The van der Waals surface area contributed by atoms with E-state index in [0.717, 1.165) is 64.1 Å². The predicted molar refractivity (Wildman–Crippen MR) is 60.6 cm³/mol. The van der Waals surface area contributed by atoms with Gasteiger partial charge in [-0.05, 0) is 6.42 Å². The molecule has 1 atom stereocenters. The monoisotopic (exact) mass is 238 g/mol. The maximum Gasteiger partial charge on any atom is 0.240 e. The Morgan fingerprint density at radius 1 is 1.35 bits per heavy atom. The van der Waals surface area contributed by atoms with E-state index in [9.17, 15) is 0 Å². The number of aromatic nitrogens is 2. The van der Waals surface area contributed by atoms with Crippen molar-refractivity contribution in [3.63, 3.8) is 0 Å². The molecule has 1 aromatic rings. The summed E-state index contributed by atoms with van der Waals surface area (Å²) in [5, 5.41) is 7.38. The Labute approximate surface area is 100 Å². The van der Waals surface area contributed by atoms with Crippen LogP contribution in [0.25, 0.3) is 0 Å². The van der Waals surface area contributed by atoms with Crippen LogP contribution < -0.4 is 5.32 Å². The third kappa shape index (κ3) is 2.65. The van der Waals surface area contributed by atoms with Crippen molar-refractivity contribution < 1.29 is 9.26 Å². The van der Waals surface area contributed by atoms with E-state index in [-0.39, 0.29) is 0 Å². The van der Waals surface area contributed by atoms with Gasteiger partial charge in [0, 0.05) is 38.7 Å². The molecule has 0 aromatic carbocycles. The van der Waals surface area contributed by atoms with E-state index in [0.29, 0.717) is 5.92 Å². The first kappa shape index (κ1) is 11.1. The fraction of sp³-hybridized carbons (Fsp3) is 0.818. The summed E-state index contributed by atoms with van der Waals surface area (Å²) in [4.78, 5) is 6.80. The molecule has 1 unspecified atom stereocenters. The largest absolute Gasteiger partial charge is 0.381 e. The molecule has 6 nitrogen and oxygen atoms in total. The molecule has 0 spiro atoms. The number of piperazine rings is 1. The fourth-order valence-corrected chi connectivity index (χ4v) is 2.30. The van der Waals surface area contributed by atoms with Crippen LogP contribution in [0.5, 0.6) is 0 Å². The molecule has 2 aliphatic rings. The number of rotatable bonds is 3. The Morgan fingerprint density at radius 2 is 2.24 bits per heavy atom. The van der Waals surface area contributed by atoms with Crippen LogP contribution in [0.3, 0.4) is 0 Å². The third-order valence-electron chi connectivity index (χ3n) is 3.35. The first-order chi connectivity index (χ1) is 8.42. The second-order valence-electron chi connectivity index (χ2n) is 4.63. The summed E-state index contributed by atoms with van der Waals surface area (Å²) in [6.07, 6.45) is 1.01. The minimum atomic E-state index is 0.329. The van der Waals surface area contributed by atoms with Gasteiger partial charge in [0.15, 0.2) is 5.82 Å². The van der Waals surface area contributed by atoms with Crippen molar-refractivity contribution in [1.29, 1.82) is 0 Å². The topological polar surface area (TPSA) is 63.4 Å². The zero-order valence-corrected chi connectivity index (χ0v) is 9.89. The van der Waals surface area contributed by atoms with Gasteiger partial charge in [-0.25, -0.2) is 0 Å². The van der Waals surface area contributed by atoms with Crippen molar-refractivity contribution >= 4 is 0 Å². The first-order valence-corrected chi connectivity index (χ1v) is 6.25. The second-order valence-corrected chi connectivity index (χ2v) is 4.63. The number of hydrogen-bond acceptors (Lipinski definition) is 6. The predicted octanol–water partition coefficient (Wildman–Crippen LogP) is -0.0213. The van der Waals surface area contributed by atoms with Gasteiger partial charge in [-0.1, -0.05) is 5.16 Å². The van der Waals surface area contributed by atoms with Gasteiger partial charge in [-0.15, -0.1) is 0 Å². The molecule has 0 saturated carbocycles. The van der Waals surface area contributed by atoms with Crippen molar-refractivity contribution in [3.05, 3.63) is 11.7 Å². The lowest BCUT2D eigenvalue weighted by Gasteiger charge is -2.25. The lowest BCUT2D eigenvalue weighted by molar-refractivity contribution is 0.192. The number of nitrogens with zero attached hydrogens (tertiary/aromatic N) is 3. The standard InChI is InChI=1S/C11H18N4O2/c1-6-16-8-9(1)11-13-10(17-14-11)7-15-4-2-12-3-5-15/h9,12H,1-8H2. The highest BCUT2D eigenvalue weighted by Crippen LogP contribution is 2.22. The maximum absolute atomic E-state index is 5.33. The van der Waals surface area contributed by atoms with E-state index in [1.54, 1.807) is 0 Å². The smallest absolute Gasteiger partial charge is 0.240 e. The normalized spacial score (nSPS) is 26.5. The minimum absolute atomic E-state index is 0.329. The van der Waals surface area contributed by atoms with Crippen LogP contribution in [0.2, 0.25) is 0 Å². The SMILES string of the molecule is C1CN(Cc2nc(C3CCOC3)no2)CCN1. The van der Waals surface area contributed by atoms with Crippen LogP contribution in [0.4, 0.5) is 0 Å². The molecule has 0 amide bonds. The van der Waals surface area contributed by atoms with Gasteiger partial charge in [-0.3, -0.25) is 4.90 Å². The van der Waals surface area contributed by atoms with E-state index in [1.807, 2.05) is 0 Å². The lowest BCUT2D eigenvalue weighted by Crippen LogP contribution is -2.42. The molecule has 0 aliphatic carbocycles. The number of hydrogen-bond donors (Lipinski definition) is 1. The van der Waals surface area contributed by atoms with E-state index in [4.69, 9.17) is 9.26 Å². The van der Waals surface area contributed by atoms with Crippen molar-refractivity contribution in [2.24, 2.45) is 0 Å². The summed E-state index contributed by atoms with van der Waals surface area (Å²) in [5.74, 6) is 1.87. The highest BCUT2D eigenvalue weighted by molar-refractivity contribution is 4.97. The van der Waals surface area contributed by atoms with Gasteiger partial charge >= 0.3 is 0 Å². The van der Waals surface area contributed by atoms with Crippen LogP contribution in [0.1, 0.15) is 24.1 Å². The van der Waals surface area contributed by atoms with Crippen LogP contribution in [0.15, 0.2) is 4.52 Å². The van der Waals surface area contributed by atoms with Crippen LogP contribution >= 0.6 is 0 Å². The average molecular weight is 238 g/mol. The summed E-state index contributed by atoms with van der Waals surface area (Å²) in [6.45, 7) is 6.48. The quantitative estimate of drug-likeness (QED) is 0.798. The molecule has 0 bridgehead atoms. The van der Waals surface area contributed by atoms with Gasteiger partial charge in [0.25, 0.3) is 0 Å². The number of nitrogens with one attached hydrogen (secondary N) is 1. The van der Waals surface area contributed by atoms with E-state index in [1.165, 1.54) is 0 Å². The van der Waals surface area contributed by atoms with E-state index < -0.39 is 0 Å². The molecule has 1 aromatic heterocycles. The summed E-state index contributed by atoms with van der Waals surface area (Å²) in [6, 6.07) is 0. The summed E-state index contributed by atoms with van der Waals surface area (Å²) < 4.78 is 10.6. The third-order valence-corrected chi connectivity index (χ3v) is 3.35. The minimum Gasteiger partial charge on any atom is -0.381 e. The highest BCUT2D eigenvalue weighted by atomic mass is 16.5. The zero-order chi connectivity index (χ0) is 11.5. The Kier molecular flexibility index (Phi) is 3.35. The van der Waals surface area contributed by atoms with Crippen molar-refractivity contribution in [1.82, 2.24) is 20.4 Å². The van der Waals surface area contributed by atoms with Gasteiger partial charge in [0.05, 0.1) is 13.2 Å². The fourth-order valence-electron chi connectivity index (χ4n) is 2.30. The Bertz CT molecular complexity index is 356. The Morgan fingerprint density at radius 3 is 3.00 bits per heavy atom. The molecule has 94 valence electrons. The Balaban J connectivity index is 1.59. The Hall–Kier alpha value is -0.980. The van der Waals surface area contributed by atoms with E-state index >= 15 is 0 Å². The maximum atomic E-state index is 5.33. The molecule has 3 rings (SSSR count). The molecule has 2 saturated heterocycles. The molecule has 2 fully saturated rings. The van der Waals surface area contributed by atoms with Crippen LogP contribution in [0, 0.1) is 0 Å². The lowest BCUT2D eigenvalue weighted by atomic mass is 10.1. The molecular weight excluding hydrogens is 220 g/mol. The highest BCUT2D eigenvalue weighted by Gasteiger charge is 2.23. The van der Waals surface area contributed by atoms with Gasteiger partial charge in [0.1, 0.15) is 0 Å². The van der Waals surface area contributed by atoms with Crippen LogP contribution in [-0.2, 0) is 11.3 Å². The molecule has 3 heterocycles. The molecule has 17 heavy (non-hydrogen) atoms. The van der Waals surface area contributed by atoms with Crippen molar-refractivity contribution in [2.75, 3.05) is 39.4 Å². The molecule has 0 radical (unpaired) electrons. The summed E-state index contributed by atoms with van der Waals surface area (Å²) >= 11 is 0. The molecular formula is C11H18N4O2. The van der Waals surface area contributed by atoms with Crippen molar-refractivity contribution in [2.45, 2.75) is 18.9 Å². The second kappa shape index (κ2) is 5.12. The van der Waals surface area contributed by atoms with Gasteiger partial charge in [-0.2, -0.15) is 4.98 Å². The van der Waals surface area contributed by atoms with Gasteiger partial charge in [0.2, 0.25) is 5.89 Å².